The van der Waals surface area contributed by atoms with E-state index in [1.165, 1.54) is 14.2 Å². The molecule has 0 aliphatic carbocycles. The maximum atomic E-state index is 12.0. The first-order valence-corrected chi connectivity index (χ1v) is 5.68. The molecule has 1 amide bonds. The third-order valence-corrected chi connectivity index (χ3v) is 2.93. The van der Waals surface area contributed by atoms with Crippen molar-refractivity contribution in [1.82, 2.24) is 0 Å². The van der Waals surface area contributed by atoms with Crippen LogP contribution >= 0.6 is 0 Å². The lowest BCUT2D eigenvalue weighted by Crippen LogP contribution is -2.25. The standard InChI is InChI=1S/C13H15NO4/c1-17-13(18-2)12(16)9-3-5-10-8(7-9)4-6-11(15)14-10/h3,5,7,13H,4,6H2,1-2H3,(H,14,15). The van der Waals surface area contributed by atoms with Crippen molar-refractivity contribution in [3.8, 4) is 0 Å². The second-order valence-electron chi connectivity index (χ2n) is 4.09. The first-order chi connectivity index (χ1) is 8.65. The highest BCUT2D eigenvalue weighted by molar-refractivity contribution is 6.00. The number of hydrogen-bond acceptors (Lipinski definition) is 4. The van der Waals surface area contributed by atoms with E-state index < -0.39 is 6.29 Å². The van der Waals surface area contributed by atoms with Gasteiger partial charge in [0.15, 0.2) is 0 Å². The van der Waals surface area contributed by atoms with Gasteiger partial charge in [-0.3, -0.25) is 9.59 Å². The van der Waals surface area contributed by atoms with Gasteiger partial charge in [-0.1, -0.05) is 0 Å². The monoisotopic (exact) mass is 249 g/mol. The minimum Gasteiger partial charge on any atom is -0.349 e. The van der Waals surface area contributed by atoms with Crippen molar-refractivity contribution in [2.45, 2.75) is 19.1 Å². The minimum absolute atomic E-state index is 0.00763. The normalized spacial score (nSPS) is 14.3. The molecule has 1 N–H and O–H groups in total. The molecule has 18 heavy (non-hydrogen) atoms. The van der Waals surface area contributed by atoms with Crippen LogP contribution in [0.4, 0.5) is 5.69 Å². The molecular formula is C13H15NO4. The van der Waals surface area contributed by atoms with E-state index in [2.05, 4.69) is 5.32 Å². The third-order valence-electron chi connectivity index (χ3n) is 2.93. The number of ketones is 1. The fourth-order valence-corrected chi connectivity index (χ4v) is 1.98. The van der Waals surface area contributed by atoms with Crippen LogP contribution in [0.25, 0.3) is 0 Å². The van der Waals surface area contributed by atoms with Gasteiger partial charge in [0.25, 0.3) is 0 Å². The van der Waals surface area contributed by atoms with Gasteiger partial charge in [-0.05, 0) is 30.2 Å². The van der Waals surface area contributed by atoms with Crippen molar-refractivity contribution in [2.24, 2.45) is 0 Å². The lowest BCUT2D eigenvalue weighted by atomic mass is 9.98. The lowest BCUT2D eigenvalue weighted by Gasteiger charge is -2.18. The average Bonchev–Trinajstić information content (AvgIpc) is 2.39. The summed E-state index contributed by atoms with van der Waals surface area (Å²) in [5, 5.41) is 2.77. The Morgan fingerprint density at radius 3 is 2.67 bits per heavy atom. The third kappa shape index (κ3) is 2.42. The smallest absolute Gasteiger partial charge is 0.224 e. The van der Waals surface area contributed by atoms with E-state index in [4.69, 9.17) is 9.47 Å². The van der Waals surface area contributed by atoms with E-state index in [1.807, 2.05) is 0 Å². The van der Waals surface area contributed by atoms with Crippen LogP contribution in [0.2, 0.25) is 0 Å². The Morgan fingerprint density at radius 1 is 1.28 bits per heavy atom. The molecule has 1 aliphatic heterocycles. The number of carbonyl (C=O) groups excluding carboxylic acids is 2. The van der Waals surface area contributed by atoms with E-state index in [1.54, 1.807) is 18.2 Å². The Balaban J connectivity index is 2.26. The number of amides is 1. The van der Waals surface area contributed by atoms with Crippen LogP contribution in [0.1, 0.15) is 22.3 Å². The molecule has 0 saturated heterocycles. The molecule has 5 nitrogen and oxygen atoms in total. The molecule has 5 heteroatoms. The number of hydrogen-bond donors (Lipinski definition) is 1. The van der Waals surface area contributed by atoms with Gasteiger partial charge in [-0.2, -0.15) is 0 Å². The summed E-state index contributed by atoms with van der Waals surface area (Å²) < 4.78 is 9.87. The Morgan fingerprint density at radius 2 is 2.00 bits per heavy atom. The van der Waals surface area contributed by atoms with Gasteiger partial charge in [0.1, 0.15) is 0 Å². The van der Waals surface area contributed by atoms with Crippen LogP contribution in [-0.2, 0) is 20.7 Å². The molecule has 1 aromatic rings. The van der Waals surface area contributed by atoms with Crippen molar-refractivity contribution in [2.75, 3.05) is 19.5 Å². The molecular weight excluding hydrogens is 234 g/mol. The first kappa shape index (κ1) is 12.7. The highest BCUT2D eigenvalue weighted by Gasteiger charge is 2.21. The summed E-state index contributed by atoms with van der Waals surface area (Å²) in [6.07, 6.45) is 0.205. The number of ether oxygens (including phenoxy) is 2. The molecule has 96 valence electrons. The quantitative estimate of drug-likeness (QED) is 0.646. The van der Waals surface area contributed by atoms with Crippen molar-refractivity contribution in [3.63, 3.8) is 0 Å². The minimum atomic E-state index is -0.888. The zero-order valence-electron chi connectivity index (χ0n) is 10.4. The summed E-state index contributed by atoms with van der Waals surface area (Å²) in [6, 6.07) is 5.18. The highest BCUT2D eigenvalue weighted by Crippen LogP contribution is 2.24. The van der Waals surface area contributed by atoms with Crippen LogP contribution in [0, 0.1) is 0 Å². The van der Waals surface area contributed by atoms with E-state index in [9.17, 15) is 9.59 Å². The number of nitrogens with one attached hydrogen (secondary N) is 1. The van der Waals surface area contributed by atoms with Crippen LogP contribution in [0.5, 0.6) is 0 Å². The Labute approximate surface area is 105 Å². The Hall–Kier alpha value is -1.72. The summed E-state index contributed by atoms with van der Waals surface area (Å²) in [7, 11) is 2.84. The molecule has 0 unspecified atom stereocenters. The molecule has 0 spiro atoms. The van der Waals surface area contributed by atoms with Crippen LogP contribution in [0.15, 0.2) is 18.2 Å². The summed E-state index contributed by atoms with van der Waals surface area (Å²) in [6.45, 7) is 0. The van der Waals surface area contributed by atoms with Gasteiger partial charge in [0.2, 0.25) is 18.0 Å². The molecule has 1 aromatic carbocycles. The zero-order chi connectivity index (χ0) is 13.1. The number of anilines is 1. The van der Waals surface area contributed by atoms with Crippen LogP contribution in [-0.4, -0.2) is 32.2 Å². The number of methoxy groups -OCH3 is 2. The van der Waals surface area contributed by atoms with Gasteiger partial charge < -0.3 is 14.8 Å². The Bertz CT molecular complexity index is 480. The van der Waals surface area contributed by atoms with Crippen molar-refractivity contribution in [3.05, 3.63) is 29.3 Å². The fraction of sp³-hybridized carbons (Fsp3) is 0.385. The molecule has 2 rings (SSSR count). The predicted octanol–water partition coefficient (Wildman–Crippen LogP) is 1.37. The van der Waals surface area contributed by atoms with Crippen LogP contribution in [0.3, 0.4) is 0 Å². The predicted molar refractivity (Wildman–Crippen MR) is 65.5 cm³/mol. The van der Waals surface area contributed by atoms with E-state index in [0.29, 0.717) is 18.4 Å². The molecule has 0 atom stereocenters. The second-order valence-corrected chi connectivity index (χ2v) is 4.09. The summed E-state index contributed by atoms with van der Waals surface area (Å²) in [5.74, 6) is -0.215. The summed E-state index contributed by atoms with van der Waals surface area (Å²) in [4.78, 5) is 23.2. The summed E-state index contributed by atoms with van der Waals surface area (Å²) >= 11 is 0. The molecule has 0 saturated carbocycles. The second kappa shape index (κ2) is 5.29. The van der Waals surface area contributed by atoms with Gasteiger partial charge in [0, 0.05) is 31.9 Å². The lowest BCUT2D eigenvalue weighted by molar-refractivity contribution is -0.116. The molecule has 0 aromatic heterocycles. The molecule has 0 fully saturated rings. The van der Waals surface area contributed by atoms with Crippen molar-refractivity contribution < 1.29 is 19.1 Å². The maximum Gasteiger partial charge on any atom is 0.224 e. The van der Waals surface area contributed by atoms with Crippen molar-refractivity contribution in [1.29, 1.82) is 0 Å². The summed E-state index contributed by atoms with van der Waals surface area (Å²) in [5.41, 5.74) is 2.26. The largest absolute Gasteiger partial charge is 0.349 e. The molecule has 1 heterocycles. The first-order valence-electron chi connectivity index (χ1n) is 5.68. The van der Waals surface area contributed by atoms with Gasteiger partial charge in [0.05, 0.1) is 0 Å². The molecule has 0 radical (unpaired) electrons. The topological polar surface area (TPSA) is 64.6 Å². The number of Topliss-reactive ketones (excluding diaryl/α,β-unsaturated/α-hetero) is 1. The maximum absolute atomic E-state index is 12.0. The number of rotatable bonds is 4. The van der Waals surface area contributed by atoms with E-state index in [-0.39, 0.29) is 11.7 Å². The Kier molecular flexibility index (Phi) is 3.74. The van der Waals surface area contributed by atoms with Gasteiger partial charge in [-0.15, -0.1) is 0 Å². The van der Waals surface area contributed by atoms with Gasteiger partial charge >= 0.3 is 0 Å². The molecule has 1 aliphatic rings. The highest BCUT2D eigenvalue weighted by atomic mass is 16.7. The van der Waals surface area contributed by atoms with E-state index >= 15 is 0 Å². The number of fused-ring (bicyclic) bond motifs is 1. The van der Waals surface area contributed by atoms with Crippen molar-refractivity contribution >= 4 is 17.4 Å². The van der Waals surface area contributed by atoms with E-state index in [0.717, 1.165) is 11.3 Å². The molecule has 0 bridgehead atoms. The number of benzene rings is 1. The van der Waals surface area contributed by atoms with Gasteiger partial charge in [-0.25, -0.2) is 0 Å². The fourth-order valence-electron chi connectivity index (χ4n) is 1.98. The average molecular weight is 249 g/mol. The zero-order valence-corrected chi connectivity index (χ0v) is 10.4. The SMILES string of the molecule is COC(OC)C(=O)c1ccc2c(c1)CCC(=O)N2. The number of aryl methyl sites for hydroxylation is 1. The number of carbonyl (C=O) groups is 2. The van der Waals surface area contributed by atoms with Crippen LogP contribution < -0.4 is 5.32 Å².